The van der Waals surface area contributed by atoms with E-state index in [4.69, 9.17) is 5.84 Å². The lowest BCUT2D eigenvalue weighted by Crippen LogP contribution is -2.18. The van der Waals surface area contributed by atoms with Gasteiger partial charge in [-0.1, -0.05) is 0 Å². The predicted molar refractivity (Wildman–Crippen MR) is 72.6 cm³/mol. The summed E-state index contributed by atoms with van der Waals surface area (Å²) in [5.41, 5.74) is 1.52. The lowest BCUT2D eigenvalue weighted by molar-refractivity contribution is -0.141. The van der Waals surface area contributed by atoms with Crippen LogP contribution in [0.25, 0.3) is 0 Å². The van der Waals surface area contributed by atoms with Gasteiger partial charge < -0.3 is 10.4 Å². The van der Waals surface area contributed by atoms with Crippen molar-refractivity contribution < 1.29 is 18.3 Å². The van der Waals surface area contributed by atoms with E-state index >= 15 is 0 Å². The summed E-state index contributed by atoms with van der Waals surface area (Å²) in [7, 11) is 0. The minimum absolute atomic E-state index is 0.00898. The monoisotopic (exact) mass is 319 g/mol. The fourth-order valence-corrected chi connectivity index (χ4v) is 2.24. The average Bonchev–Trinajstić information content (AvgIpc) is 2.97. The summed E-state index contributed by atoms with van der Waals surface area (Å²) in [5, 5.41) is 16.0. The van der Waals surface area contributed by atoms with Gasteiger partial charge in [0, 0.05) is 12.6 Å². The largest absolute Gasteiger partial charge is 0.433 e. The lowest BCUT2D eigenvalue weighted by Gasteiger charge is -2.13. The van der Waals surface area contributed by atoms with Gasteiger partial charge in [0.05, 0.1) is 6.10 Å². The molecule has 1 unspecified atom stereocenters. The second-order valence-electron chi connectivity index (χ2n) is 4.06. The second kappa shape index (κ2) is 6.24. The molecule has 1 atom stereocenters. The fraction of sp³-hybridized carbons (Fsp3) is 0.273. The van der Waals surface area contributed by atoms with Gasteiger partial charge in [-0.05, 0) is 22.4 Å². The molecule has 2 heterocycles. The predicted octanol–water partition coefficient (Wildman–Crippen LogP) is 1.99. The van der Waals surface area contributed by atoms with Crippen LogP contribution in [0.15, 0.2) is 22.9 Å². The van der Waals surface area contributed by atoms with Crippen molar-refractivity contribution in [1.29, 1.82) is 0 Å². The number of thiophene rings is 1. The maximum atomic E-state index is 12.7. The van der Waals surface area contributed by atoms with Crippen LogP contribution < -0.4 is 16.6 Å². The minimum Gasteiger partial charge on any atom is -0.387 e. The van der Waals surface area contributed by atoms with Crippen LogP contribution in [0, 0.1) is 0 Å². The summed E-state index contributed by atoms with van der Waals surface area (Å²) in [6.45, 7) is 0.00898. The number of nitrogen functional groups attached to an aromatic ring is 1. The van der Waals surface area contributed by atoms with Crippen LogP contribution in [0.3, 0.4) is 0 Å². The third kappa shape index (κ3) is 4.03. The Balaban J connectivity index is 2.12. The first-order valence-corrected chi connectivity index (χ1v) is 6.71. The number of halogens is 3. The Morgan fingerprint density at radius 1 is 1.38 bits per heavy atom. The Hall–Kier alpha value is -1.91. The molecule has 0 radical (unpaired) electrons. The Morgan fingerprint density at radius 2 is 2.14 bits per heavy atom. The van der Waals surface area contributed by atoms with Crippen LogP contribution in [0.2, 0.25) is 0 Å². The quantitative estimate of drug-likeness (QED) is 0.497. The van der Waals surface area contributed by atoms with E-state index in [-0.39, 0.29) is 18.3 Å². The van der Waals surface area contributed by atoms with Gasteiger partial charge in [-0.25, -0.2) is 10.8 Å². The third-order valence-electron chi connectivity index (χ3n) is 2.55. The van der Waals surface area contributed by atoms with Crippen molar-refractivity contribution in [3.63, 3.8) is 0 Å². The van der Waals surface area contributed by atoms with E-state index in [0.717, 1.165) is 6.07 Å². The summed E-state index contributed by atoms with van der Waals surface area (Å²) in [6, 6.07) is 2.48. The Kier molecular flexibility index (Phi) is 4.60. The van der Waals surface area contributed by atoms with Gasteiger partial charge in [0.25, 0.3) is 0 Å². The number of hydrazine groups is 1. The molecule has 0 amide bonds. The number of anilines is 2. The molecule has 21 heavy (non-hydrogen) atoms. The molecule has 0 saturated carbocycles. The van der Waals surface area contributed by atoms with E-state index in [9.17, 15) is 18.3 Å². The van der Waals surface area contributed by atoms with E-state index < -0.39 is 18.0 Å². The van der Waals surface area contributed by atoms with Crippen molar-refractivity contribution in [3.8, 4) is 0 Å². The van der Waals surface area contributed by atoms with Gasteiger partial charge in [-0.2, -0.15) is 29.5 Å². The molecule has 6 nitrogen and oxygen atoms in total. The molecule has 5 N–H and O–H groups in total. The number of aliphatic hydroxyl groups excluding tert-OH is 1. The van der Waals surface area contributed by atoms with Crippen LogP contribution in [-0.4, -0.2) is 21.6 Å². The Bertz CT molecular complexity index is 590. The van der Waals surface area contributed by atoms with Gasteiger partial charge >= 0.3 is 6.18 Å². The highest BCUT2D eigenvalue weighted by Gasteiger charge is 2.33. The summed E-state index contributed by atoms with van der Waals surface area (Å²) >= 11 is 1.41. The molecule has 2 rings (SSSR count). The number of nitrogens with zero attached hydrogens (tertiary/aromatic N) is 2. The highest BCUT2D eigenvalue weighted by Crippen LogP contribution is 2.29. The van der Waals surface area contributed by atoms with Crippen molar-refractivity contribution in [1.82, 2.24) is 9.97 Å². The second-order valence-corrected chi connectivity index (χ2v) is 4.84. The van der Waals surface area contributed by atoms with Crippen LogP contribution in [-0.2, 0) is 6.18 Å². The molecule has 0 saturated heterocycles. The average molecular weight is 319 g/mol. The van der Waals surface area contributed by atoms with E-state index in [1.807, 2.05) is 5.43 Å². The molecule has 0 spiro atoms. The van der Waals surface area contributed by atoms with Crippen molar-refractivity contribution in [2.24, 2.45) is 5.84 Å². The van der Waals surface area contributed by atoms with Gasteiger partial charge in [0.1, 0.15) is 5.82 Å². The highest BCUT2D eigenvalue weighted by molar-refractivity contribution is 7.07. The van der Waals surface area contributed by atoms with Crippen molar-refractivity contribution in [3.05, 3.63) is 34.2 Å². The number of hydrogen-bond acceptors (Lipinski definition) is 7. The van der Waals surface area contributed by atoms with Crippen LogP contribution in [0.1, 0.15) is 17.4 Å². The van der Waals surface area contributed by atoms with Crippen molar-refractivity contribution in [2.45, 2.75) is 12.3 Å². The highest BCUT2D eigenvalue weighted by atomic mass is 32.1. The molecule has 0 aliphatic carbocycles. The molecule has 10 heteroatoms. The topological polar surface area (TPSA) is 96.1 Å². The third-order valence-corrected chi connectivity index (χ3v) is 3.25. The number of rotatable bonds is 5. The van der Waals surface area contributed by atoms with E-state index in [2.05, 4.69) is 15.3 Å². The SMILES string of the molecule is NNc1nc(NCC(O)c2ccsc2)cc(C(F)(F)F)n1. The Labute approximate surface area is 121 Å². The number of aliphatic hydroxyl groups is 1. The standard InChI is InChI=1S/C11H12F3N5OS/c12-11(13,14)8-3-9(18-10(17-8)19-15)16-4-7(20)6-1-2-21-5-6/h1-3,5,7,20H,4,15H2,(H2,16,17,18,19). The molecule has 2 aromatic rings. The molecule has 0 aliphatic rings. The summed E-state index contributed by atoms with van der Waals surface area (Å²) < 4.78 is 38.0. The maximum absolute atomic E-state index is 12.7. The zero-order valence-electron chi connectivity index (χ0n) is 10.6. The Morgan fingerprint density at radius 3 is 2.71 bits per heavy atom. The first-order chi connectivity index (χ1) is 9.90. The van der Waals surface area contributed by atoms with Crippen LogP contribution >= 0.6 is 11.3 Å². The molecule has 0 fully saturated rings. The van der Waals surface area contributed by atoms with Gasteiger partial charge in [-0.3, -0.25) is 5.43 Å². The smallest absolute Gasteiger partial charge is 0.387 e. The number of aromatic nitrogens is 2. The first-order valence-electron chi connectivity index (χ1n) is 5.77. The first kappa shape index (κ1) is 15.5. The summed E-state index contributed by atoms with van der Waals surface area (Å²) in [4.78, 5) is 6.98. The molecular weight excluding hydrogens is 307 g/mol. The number of nitrogens with two attached hydrogens (primary N) is 1. The van der Waals surface area contributed by atoms with E-state index in [0.29, 0.717) is 5.56 Å². The van der Waals surface area contributed by atoms with Gasteiger partial charge in [-0.15, -0.1) is 0 Å². The lowest BCUT2D eigenvalue weighted by atomic mass is 10.2. The maximum Gasteiger partial charge on any atom is 0.433 e. The molecule has 0 aliphatic heterocycles. The zero-order chi connectivity index (χ0) is 15.5. The van der Waals surface area contributed by atoms with E-state index in [1.54, 1.807) is 16.8 Å². The molecule has 0 aromatic carbocycles. The number of alkyl halides is 3. The van der Waals surface area contributed by atoms with Gasteiger partial charge in [0.15, 0.2) is 5.69 Å². The number of hydrogen-bond donors (Lipinski definition) is 4. The van der Waals surface area contributed by atoms with Crippen LogP contribution in [0.4, 0.5) is 24.9 Å². The van der Waals surface area contributed by atoms with Crippen molar-refractivity contribution >= 4 is 23.1 Å². The van der Waals surface area contributed by atoms with Crippen LogP contribution in [0.5, 0.6) is 0 Å². The minimum atomic E-state index is -4.61. The molecule has 2 aromatic heterocycles. The number of nitrogens with one attached hydrogen (secondary N) is 2. The molecule has 114 valence electrons. The summed E-state index contributed by atoms with van der Waals surface area (Å²) in [5.74, 6) is 4.60. The fourth-order valence-electron chi connectivity index (χ4n) is 1.53. The summed E-state index contributed by atoms with van der Waals surface area (Å²) in [6.07, 6.45) is -5.47. The molecular formula is C11H12F3N5OS. The van der Waals surface area contributed by atoms with Gasteiger partial charge in [0.2, 0.25) is 5.95 Å². The molecule has 0 bridgehead atoms. The van der Waals surface area contributed by atoms with E-state index in [1.165, 1.54) is 11.3 Å². The van der Waals surface area contributed by atoms with Crippen molar-refractivity contribution in [2.75, 3.05) is 17.3 Å². The zero-order valence-corrected chi connectivity index (χ0v) is 11.4. The normalized spacial score (nSPS) is 13.0.